The predicted octanol–water partition coefficient (Wildman–Crippen LogP) is 1.37. The normalized spacial score (nSPS) is 12.4. The van der Waals surface area contributed by atoms with Crippen LogP contribution in [0.2, 0.25) is 0 Å². The van der Waals surface area contributed by atoms with Crippen LogP contribution in [-0.2, 0) is 10.0 Å². The second-order valence-corrected chi connectivity index (χ2v) is 6.93. The fourth-order valence-corrected chi connectivity index (χ4v) is 2.73. The van der Waals surface area contributed by atoms with Crippen LogP contribution in [0.3, 0.4) is 0 Å². The Bertz CT molecular complexity index is 492. The molecule has 5 nitrogen and oxygen atoms in total. The van der Waals surface area contributed by atoms with Gasteiger partial charge >= 0.3 is 0 Å². The highest BCUT2D eigenvalue weighted by Crippen LogP contribution is 2.14. The van der Waals surface area contributed by atoms with Gasteiger partial charge in [-0.3, -0.25) is 0 Å². The van der Waals surface area contributed by atoms with Gasteiger partial charge in [0.25, 0.3) is 0 Å². The van der Waals surface area contributed by atoms with Gasteiger partial charge in [0, 0.05) is 17.3 Å². The lowest BCUT2D eigenvalue weighted by Crippen LogP contribution is -2.42. The van der Waals surface area contributed by atoms with E-state index < -0.39 is 15.6 Å². The molecule has 1 aromatic rings. The van der Waals surface area contributed by atoms with Gasteiger partial charge in [0.1, 0.15) is 12.4 Å². The molecule has 0 aliphatic rings. The molecule has 0 amide bonds. The largest absolute Gasteiger partial charge is 0.492 e. The van der Waals surface area contributed by atoms with E-state index in [0.717, 1.165) is 0 Å². The summed E-state index contributed by atoms with van der Waals surface area (Å²) in [5.41, 5.74) is 5.70. The van der Waals surface area contributed by atoms with Gasteiger partial charge in [0.15, 0.2) is 0 Å². The van der Waals surface area contributed by atoms with Crippen molar-refractivity contribution >= 4 is 15.7 Å². The van der Waals surface area contributed by atoms with Gasteiger partial charge in [-0.15, -0.1) is 0 Å². The lowest BCUT2D eigenvalue weighted by atomic mass is 10.1. The Labute approximate surface area is 108 Å². The van der Waals surface area contributed by atoms with E-state index in [1.165, 1.54) is 0 Å². The van der Waals surface area contributed by atoms with Gasteiger partial charge in [-0.25, -0.2) is 13.1 Å². The summed E-state index contributed by atoms with van der Waals surface area (Å²) >= 11 is 0. The molecule has 0 radical (unpaired) electrons. The smallest absolute Gasteiger partial charge is 0.215 e. The molecular weight excluding hydrogens is 252 g/mol. The topological polar surface area (TPSA) is 81.4 Å². The van der Waals surface area contributed by atoms with Gasteiger partial charge in [-0.05, 0) is 32.9 Å². The number of anilines is 1. The number of hydrogen-bond acceptors (Lipinski definition) is 4. The Morgan fingerprint density at radius 3 is 2.56 bits per heavy atom. The maximum atomic E-state index is 11.7. The van der Waals surface area contributed by atoms with Crippen LogP contribution in [0.5, 0.6) is 5.75 Å². The van der Waals surface area contributed by atoms with Crippen molar-refractivity contribution < 1.29 is 13.2 Å². The van der Waals surface area contributed by atoms with Crippen molar-refractivity contribution in [2.45, 2.75) is 26.3 Å². The zero-order valence-corrected chi connectivity index (χ0v) is 11.8. The maximum absolute atomic E-state index is 11.7. The number of nitrogens with one attached hydrogen (secondary N) is 1. The summed E-state index contributed by atoms with van der Waals surface area (Å²) in [6.07, 6.45) is 0. The summed E-state index contributed by atoms with van der Waals surface area (Å²) in [6.45, 7) is 5.48. The van der Waals surface area contributed by atoms with Gasteiger partial charge in [-0.1, -0.05) is 6.07 Å². The zero-order chi connectivity index (χ0) is 13.8. The lowest BCUT2D eigenvalue weighted by Gasteiger charge is -2.20. The van der Waals surface area contributed by atoms with Crippen molar-refractivity contribution in [3.05, 3.63) is 24.3 Å². The van der Waals surface area contributed by atoms with E-state index >= 15 is 0 Å². The van der Waals surface area contributed by atoms with Crippen molar-refractivity contribution in [2.24, 2.45) is 0 Å². The number of hydrogen-bond donors (Lipinski definition) is 2. The first kappa shape index (κ1) is 14.8. The van der Waals surface area contributed by atoms with E-state index in [0.29, 0.717) is 11.4 Å². The van der Waals surface area contributed by atoms with Crippen LogP contribution in [0.25, 0.3) is 0 Å². The van der Waals surface area contributed by atoms with E-state index in [4.69, 9.17) is 10.5 Å². The van der Waals surface area contributed by atoms with Crippen molar-refractivity contribution in [1.29, 1.82) is 0 Å². The molecule has 3 N–H and O–H groups in total. The summed E-state index contributed by atoms with van der Waals surface area (Å²) in [7, 11) is -3.33. The number of nitrogens with two attached hydrogens (primary N) is 1. The molecule has 0 unspecified atom stereocenters. The molecule has 0 saturated carbocycles. The number of benzene rings is 1. The molecule has 0 fully saturated rings. The molecule has 0 aliphatic carbocycles. The quantitative estimate of drug-likeness (QED) is 0.793. The van der Waals surface area contributed by atoms with E-state index in [1.54, 1.807) is 45.0 Å². The molecule has 6 heteroatoms. The average Bonchev–Trinajstić information content (AvgIpc) is 2.13. The molecule has 0 atom stereocenters. The van der Waals surface area contributed by atoms with Crippen LogP contribution < -0.4 is 15.2 Å². The summed E-state index contributed by atoms with van der Waals surface area (Å²) in [6, 6.07) is 6.89. The first-order valence-corrected chi connectivity index (χ1v) is 7.33. The molecular formula is C12H20N2O3S. The first-order chi connectivity index (χ1) is 8.18. The van der Waals surface area contributed by atoms with Crippen molar-refractivity contribution in [3.8, 4) is 5.75 Å². The molecule has 0 bridgehead atoms. The Morgan fingerprint density at radius 2 is 2.00 bits per heavy atom. The third kappa shape index (κ3) is 5.88. The van der Waals surface area contributed by atoms with Crippen LogP contribution in [-0.4, -0.2) is 26.3 Å². The van der Waals surface area contributed by atoms with Crippen LogP contribution in [0.1, 0.15) is 20.8 Å². The minimum Gasteiger partial charge on any atom is -0.492 e. The van der Waals surface area contributed by atoms with E-state index in [1.807, 2.05) is 0 Å². The second-order valence-electron chi connectivity index (χ2n) is 5.09. The molecule has 0 saturated heterocycles. The first-order valence-electron chi connectivity index (χ1n) is 5.68. The highest BCUT2D eigenvalue weighted by atomic mass is 32.2. The van der Waals surface area contributed by atoms with Gasteiger partial charge in [-0.2, -0.15) is 0 Å². The van der Waals surface area contributed by atoms with Crippen LogP contribution in [0.4, 0.5) is 5.69 Å². The van der Waals surface area contributed by atoms with E-state index in [2.05, 4.69) is 4.72 Å². The SMILES string of the molecule is CC(C)(C)NS(=O)(=O)CCOc1cccc(N)c1. The third-order valence-corrected chi connectivity index (χ3v) is 3.57. The van der Waals surface area contributed by atoms with Gasteiger partial charge < -0.3 is 10.5 Å². The fourth-order valence-electron chi connectivity index (χ4n) is 1.39. The highest BCUT2D eigenvalue weighted by molar-refractivity contribution is 7.89. The van der Waals surface area contributed by atoms with E-state index in [9.17, 15) is 8.42 Å². The number of nitrogen functional groups attached to an aromatic ring is 1. The molecule has 1 rings (SSSR count). The van der Waals surface area contributed by atoms with Crippen molar-refractivity contribution in [3.63, 3.8) is 0 Å². The molecule has 0 heterocycles. The third-order valence-electron chi connectivity index (χ3n) is 1.94. The summed E-state index contributed by atoms with van der Waals surface area (Å²) in [5.74, 6) is 0.486. The maximum Gasteiger partial charge on any atom is 0.215 e. The van der Waals surface area contributed by atoms with Crippen molar-refractivity contribution in [1.82, 2.24) is 4.72 Å². The van der Waals surface area contributed by atoms with Crippen LogP contribution in [0.15, 0.2) is 24.3 Å². The van der Waals surface area contributed by atoms with Gasteiger partial charge in [0.2, 0.25) is 10.0 Å². The van der Waals surface area contributed by atoms with Crippen molar-refractivity contribution in [2.75, 3.05) is 18.1 Å². The van der Waals surface area contributed by atoms with Crippen LogP contribution >= 0.6 is 0 Å². The highest BCUT2D eigenvalue weighted by Gasteiger charge is 2.19. The molecule has 18 heavy (non-hydrogen) atoms. The minimum absolute atomic E-state index is 0.0843. The minimum atomic E-state index is -3.33. The number of sulfonamides is 1. The Morgan fingerprint density at radius 1 is 1.33 bits per heavy atom. The molecule has 0 spiro atoms. The number of ether oxygens (including phenoxy) is 1. The second kappa shape index (κ2) is 5.58. The molecule has 0 aliphatic heterocycles. The standard InChI is InChI=1S/C12H20N2O3S/c1-12(2,3)14-18(15,16)8-7-17-11-6-4-5-10(13)9-11/h4-6,9,14H,7-8,13H2,1-3H3. The monoisotopic (exact) mass is 272 g/mol. The molecule has 1 aromatic carbocycles. The summed E-state index contributed by atoms with van der Waals surface area (Å²) in [4.78, 5) is 0. The molecule has 102 valence electrons. The number of rotatable bonds is 5. The lowest BCUT2D eigenvalue weighted by molar-refractivity contribution is 0.339. The molecule has 0 aromatic heterocycles. The Hall–Kier alpha value is -1.27. The predicted molar refractivity (Wildman–Crippen MR) is 73.0 cm³/mol. The average molecular weight is 272 g/mol. The summed E-state index contributed by atoms with van der Waals surface area (Å²) in [5, 5.41) is 0. The van der Waals surface area contributed by atoms with Gasteiger partial charge in [0.05, 0.1) is 5.75 Å². The Balaban J connectivity index is 2.47. The van der Waals surface area contributed by atoms with E-state index in [-0.39, 0.29) is 12.4 Å². The van der Waals surface area contributed by atoms with Crippen LogP contribution in [0, 0.1) is 0 Å². The Kier molecular flexibility index (Phi) is 4.59. The zero-order valence-electron chi connectivity index (χ0n) is 10.9. The fraction of sp³-hybridized carbons (Fsp3) is 0.500. The summed E-state index contributed by atoms with van der Waals surface area (Å²) < 4.78 is 31.3.